The van der Waals surface area contributed by atoms with E-state index in [0.717, 1.165) is 36.9 Å². The molecule has 32 heavy (non-hydrogen) atoms. The van der Waals surface area contributed by atoms with Gasteiger partial charge < -0.3 is 15.4 Å². The molecule has 0 bridgehead atoms. The lowest BCUT2D eigenvalue weighted by Gasteiger charge is -2.21. The zero-order chi connectivity index (χ0) is 22.5. The number of rotatable bonds is 8. The van der Waals surface area contributed by atoms with Crippen molar-refractivity contribution in [2.24, 2.45) is 5.73 Å². The summed E-state index contributed by atoms with van der Waals surface area (Å²) in [6.45, 7) is 10.4. The molecule has 1 aliphatic rings. The molecule has 3 nitrogen and oxygen atoms in total. The summed E-state index contributed by atoms with van der Waals surface area (Å²) in [4.78, 5) is 2.58. The topological polar surface area (TPSA) is 38.5 Å². The highest BCUT2D eigenvalue weighted by atomic mass is 16.5. The van der Waals surface area contributed by atoms with Crippen molar-refractivity contribution >= 4 is 0 Å². The smallest absolute Gasteiger partial charge is 0.122 e. The van der Waals surface area contributed by atoms with E-state index in [2.05, 4.69) is 86.3 Å². The molecule has 0 aromatic heterocycles. The van der Waals surface area contributed by atoms with Crippen molar-refractivity contribution < 1.29 is 4.74 Å². The van der Waals surface area contributed by atoms with E-state index in [1.807, 2.05) is 0 Å². The molecule has 1 fully saturated rings. The van der Waals surface area contributed by atoms with E-state index in [4.69, 9.17) is 10.5 Å². The maximum atomic E-state index is 6.24. The summed E-state index contributed by atoms with van der Waals surface area (Å²) in [7, 11) is 0. The molecular formula is C29H36N2O. The van der Waals surface area contributed by atoms with Crippen LogP contribution in [0.15, 0.2) is 60.7 Å². The maximum Gasteiger partial charge on any atom is 0.122 e. The highest BCUT2D eigenvalue weighted by Crippen LogP contribution is 2.36. The molecule has 0 radical (unpaired) electrons. The first-order chi connectivity index (χ1) is 15.6. The molecule has 4 rings (SSSR count). The Kier molecular flexibility index (Phi) is 7.29. The van der Waals surface area contributed by atoms with Crippen LogP contribution < -0.4 is 10.5 Å². The Hall–Kier alpha value is -2.62. The van der Waals surface area contributed by atoms with Gasteiger partial charge in [0.1, 0.15) is 5.75 Å². The van der Waals surface area contributed by atoms with Gasteiger partial charge in [-0.15, -0.1) is 0 Å². The van der Waals surface area contributed by atoms with E-state index in [-0.39, 0.29) is 0 Å². The van der Waals surface area contributed by atoms with Crippen molar-refractivity contribution in [3.8, 4) is 28.0 Å². The van der Waals surface area contributed by atoms with E-state index in [1.165, 1.54) is 52.8 Å². The highest BCUT2D eigenvalue weighted by molar-refractivity contribution is 5.80. The van der Waals surface area contributed by atoms with Gasteiger partial charge >= 0.3 is 0 Å². The summed E-state index contributed by atoms with van der Waals surface area (Å²) in [5.41, 5.74) is 14.4. The van der Waals surface area contributed by atoms with Crippen LogP contribution in [0.4, 0.5) is 0 Å². The molecule has 1 aliphatic heterocycles. The van der Waals surface area contributed by atoms with Crippen LogP contribution in [-0.4, -0.2) is 30.6 Å². The van der Waals surface area contributed by atoms with Gasteiger partial charge in [0, 0.05) is 19.1 Å². The third kappa shape index (κ3) is 4.90. The molecule has 1 saturated heterocycles. The van der Waals surface area contributed by atoms with E-state index < -0.39 is 0 Å². The van der Waals surface area contributed by atoms with E-state index in [1.54, 1.807) is 0 Å². The fourth-order valence-electron chi connectivity index (χ4n) is 4.90. The zero-order valence-electron chi connectivity index (χ0n) is 19.7. The Labute approximate surface area is 193 Å². The average molecular weight is 429 g/mol. The number of nitrogens with two attached hydrogens (primary N) is 1. The van der Waals surface area contributed by atoms with Crippen molar-refractivity contribution in [1.29, 1.82) is 0 Å². The fraction of sp³-hybridized carbons (Fsp3) is 0.379. The number of ether oxygens (including phenoxy) is 1. The van der Waals surface area contributed by atoms with Crippen molar-refractivity contribution in [1.82, 2.24) is 4.90 Å². The van der Waals surface area contributed by atoms with Gasteiger partial charge in [0.25, 0.3) is 0 Å². The average Bonchev–Trinajstić information content (AvgIpc) is 3.23. The number of hydrogen-bond acceptors (Lipinski definition) is 3. The summed E-state index contributed by atoms with van der Waals surface area (Å²) in [6, 6.07) is 22.3. The molecule has 0 aliphatic carbocycles. The molecule has 1 atom stereocenters. The lowest BCUT2D eigenvalue weighted by Crippen LogP contribution is -2.28. The minimum absolute atomic E-state index is 0.572. The third-order valence-corrected chi connectivity index (χ3v) is 6.95. The molecule has 0 saturated carbocycles. The maximum absolute atomic E-state index is 6.24. The van der Waals surface area contributed by atoms with E-state index in [0.29, 0.717) is 6.54 Å². The quantitative estimate of drug-likeness (QED) is 0.425. The van der Waals surface area contributed by atoms with Crippen LogP contribution in [0.2, 0.25) is 0 Å². The molecule has 1 heterocycles. The summed E-state index contributed by atoms with van der Waals surface area (Å²) in [6.07, 6.45) is 3.73. The summed E-state index contributed by atoms with van der Waals surface area (Å²) >= 11 is 0. The number of nitrogens with zero attached hydrogens (tertiary/aromatic N) is 1. The van der Waals surface area contributed by atoms with Crippen LogP contribution in [0.3, 0.4) is 0 Å². The van der Waals surface area contributed by atoms with Crippen LogP contribution in [0.5, 0.6) is 5.75 Å². The molecule has 2 N–H and O–H groups in total. The standard InChI is InChI=1S/C29H36N2O/c1-21-8-6-17-31(21)18-7-19-32-29-12-5-11-28(23(29)3)27-10-4-9-26(22(27)2)25-15-13-24(20-30)14-16-25/h4-5,9-16,21H,6-8,17-20,30H2,1-3H3. The molecule has 1 unspecified atom stereocenters. The second-order valence-corrected chi connectivity index (χ2v) is 9.04. The Bertz CT molecular complexity index is 1040. The first-order valence-corrected chi connectivity index (χ1v) is 11.9. The first kappa shape index (κ1) is 22.6. The molecule has 0 amide bonds. The predicted molar refractivity (Wildman–Crippen MR) is 135 cm³/mol. The number of likely N-dealkylation sites (tertiary alicyclic amines) is 1. The second-order valence-electron chi connectivity index (χ2n) is 9.04. The molecule has 3 aromatic rings. The highest BCUT2D eigenvalue weighted by Gasteiger charge is 2.19. The summed E-state index contributed by atoms with van der Waals surface area (Å²) < 4.78 is 6.24. The van der Waals surface area contributed by atoms with Gasteiger partial charge in [0.2, 0.25) is 0 Å². The van der Waals surface area contributed by atoms with Crippen molar-refractivity contribution in [3.05, 3.63) is 77.4 Å². The van der Waals surface area contributed by atoms with Gasteiger partial charge in [-0.05, 0) is 91.6 Å². The van der Waals surface area contributed by atoms with Crippen molar-refractivity contribution in [2.75, 3.05) is 19.7 Å². The van der Waals surface area contributed by atoms with Crippen LogP contribution >= 0.6 is 0 Å². The summed E-state index contributed by atoms with van der Waals surface area (Å²) in [5.74, 6) is 0.995. The van der Waals surface area contributed by atoms with Crippen LogP contribution in [-0.2, 0) is 6.54 Å². The van der Waals surface area contributed by atoms with Crippen LogP contribution in [0.1, 0.15) is 42.9 Å². The largest absolute Gasteiger partial charge is 0.493 e. The van der Waals surface area contributed by atoms with Gasteiger partial charge in [0.05, 0.1) is 6.61 Å². The minimum Gasteiger partial charge on any atom is -0.493 e. The Balaban J connectivity index is 1.51. The monoisotopic (exact) mass is 428 g/mol. The van der Waals surface area contributed by atoms with Crippen molar-refractivity contribution in [2.45, 2.75) is 52.6 Å². The van der Waals surface area contributed by atoms with Gasteiger partial charge in [-0.1, -0.05) is 54.6 Å². The molecule has 3 aromatic carbocycles. The number of benzene rings is 3. The number of hydrogen-bond donors (Lipinski definition) is 1. The Morgan fingerprint density at radius 2 is 1.59 bits per heavy atom. The van der Waals surface area contributed by atoms with Gasteiger partial charge in [-0.2, -0.15) is 0 Å². The predicted octanol–water partition coefficient (Wildman–Crippen LogP) is 6.35. The van der Waals surface area contributed by atoms with Gasteiger partial charge in [0.15, 0.2) is 0 Å². The SMILES string of the molecule is Cc1c(OCCCN2CCCC2C)cccc1-c1cccc(-c2ccc(CN)cc2)c1C. The first-order valence-electron chi connectivity index (χ1n) is 11.9. The van der Waals surface area contributed by atoms with E-state index >= 15 is 0 Å². The third-order valence-electron chi connectivity index (χ3n) is 6.95. The zero-order valence-corrected chi connectivity index (χ0v) is 19.7. The fourth-order valence-corrected chi connectivity index (χ4v) is 4.90. The molecule has 3 heteroatoms. The minimum atomic E-state index is 0.572. The van der Waals surface area contributed by atoms with Gasteiger partial charge in [-0.3, -0.25) is 0 Å². The van der Waals surface area contributed by atoms with Crippen LogP contribution in [0.25, 0.3) is 22.3 Å². The van der Waals surface area contributed by atoms with E-state index in [9.17, 15) is 0 Å². The lowest BCUT2D eigenvalue weighted by molar-refractivity contribution is 0.230. The molecular weight excluding hydrogens is 392 g/mol. The summed E-state index contributed by atoms with van der Waals surface area (Å²) in [5, 5.41) is 0. The van der Waals surface area contributed by atoms with Crippen LogP contribution in [0, 0.1) is 13.8 Å². The second kappa shape index (κ2) is 10.3. The Morgan fingerprint density at radius 1 is 0.906 bits per heavy atom. The normalized spacial score (nSPS) is 16.4. The molecule has 168 valence electrons. The van der Waals surface area contributed by atoms with Crippen molar-refractivity contribution in [3.63, 3.8) is 0 Å². The van der Waals surface area contributed by atoms with Gasteiger partial charge in [-0.25, -0.2) is 0 Å². The Morgan fingerprint density at radius 3 is 2.28 bits per heavy atom. The molecule has 0 spiro atoms. The lowest BCUT2D eigenvalue weighted by atomic mass is 9.90.